The molecule has 0 atom stereocenters. The summed E-state index contributed by atoms with van der Waals surface area (Å²) in [6, 6.07) is 10.1. The lowest BCUT2D eigenvalue weighted by molar-refractivity contribution is 0.149. The van der Waals surface area contributed by atoms with E-state index in [0.29, 0.717) is 17.8 Å². The third-order valence-corrected chi connectivity index (χ3v) is 6.20. The van der Waals surface area contributed by atoms with Gasteiger partial charge in [-0.15, -0.1) is 0 Å². The molecule has 0 radical (unpaired) electrons. The fraction of sp³-hybridized carbons (Fsp3) is 0.375. The zero-order valence-corrected chi connectivity index (χ0v) is 18.4. The molecule has 5 rings (SSSR count). The van der Waals surface area contributed by atoms with Gasteiger partial charge in [-0.2, -0.15) is 0 Å². The van der Waals surface area contributed by atoms with Crippen molar-refractivity contribution in [1.29, 1.82) is 0 Å². The van der Waals surface area contributed by atoms with E-state index in [4.69, 9.17) is 15.5 Å². The summed E-state index contributed by atoms with van der Waals surface area (Å²) in [4.78, 5) is 33.9. The van der Waals surface area contributed by atoms with Crippen LogP contribution in [0.25, 0.3) is 11.3 Å². The minimum absolute atomic E-state index is 0.403. The summed E-state index contributed by atoms with van der Waals surface area (Å²) in [6.07, 6.45) is 11.2. The Kier molecular flexibility index (Phi) is 6.12. The molecule has 1 aliphatic carbocycles. The maximum Gasteiger partial charge on any atom is 0.409 e. The number of piperidine rings is 1. The first kappa shape index (κ1) is 21.3. The fourth-order valence-electron chi connectivity index (χ4n) is 4.40. The second-order valence-corrected chi connectivity index (χ2v) is 8.51. The molecule has 9 nitrogen and oxygen atoms in total. The molecule has 2 aromatic heterocycles. The van der Waals surface area contributed by atoms with Gasteiger partial charge >= 0.3 is 6.09 Å². The van der Waals surface area contributed by atoms with Crippen LogP contribution in [0.4, 0.5) is 10.7 Å². The van der Waals surface area contributed by atoms with Crippen LogP contribution in [0.15, 0.2) is 55.1 Å². The molecule has 2 fully saturated rings. The minimum atomic E-state index is -0.828. The van der Waals surface area contributed by atoms with Crippen LogP contribution < -0.4 is 15.4 Å². The number of carbonyl (C=O) groups is 1. The number of aromatic nitrogens is 4. The number of rotatable bonds is 7. The van der Waals surface area contributed by atoms with E-state index in [0.717, 1.165) is 55.4 Å². The van der Waals surface area contributed by atoms with Crippen LogP contribution in [0.5, 0.6) is 5.75 Å². The Morgan fingerprint density at radius 2 is 1.67 bits per heavy atom. The van der Waals surface area contributed by atoms with Gasteiger partial charge in [0.15, 0.2) is 0 Å². The summed E-state index contributed by atoms with van der Waals surface area (Å²) in [5.74, 6) is 1.23. The highest BCUT2D eigenvalue weighted by atomic mass is 16.5. The van der Waals surface area contributed by atoms with Crippen molar-refractivity contribution in [2.75, 3.05) is 18.0 Å². The SMILES string of the molecule is NC(=O)Oc1ccc(-c2cnc(CN(C3CC3)C3CCN(c4ncccn4)CC3)cn2)cc1. The quantitative estimate of drug-likeness (QED) is 0.591. The number of nitrogens with two attached hydrogens (primary N) is 1. The average Bonchev–Trinajstić information content (AvgIpc) is 3.69. The first-order valence-corrected chi connectivity index (χ1v) is 11.3. The predicted octanol–water partition coefficient (Wildman–Crippen LogP) is 3.02. The van der Waals surface area contributed by atoms with Crippen LogP contribution in [-0.4, -0.2) is 56.1 Å². The molecule has 3 aromatic rings. The lowest BCUT2D eigenvalue weighted by Crippen LogP contribution is -2.46. The molecule has 170 valence electrons. The van der Waals surface area contributed by atoms with Gasteiger partial charge in [0.05, 0.1) is 23.8 Å². The van der Waals surface area contributed by atoms with E-state index in [1.165, 1.54) is 12.8 Å². The molecule has 1 amide bonds. The zero-order valence-electron chi connectivity index (χ0n) is 18.4. The van der Waals surface area contributed by atoms with E-state index in [1.54, 1.807) is 30.7 Å². The van der Waals surface area contributed by atoms with Crippen LogP contribution in [0.3, 0.4) is 0 Å². The van der Waals surface area contributed by atoms with Crippen molar-refractivity contribution < 1.29 is 9.53 Å². The summed E-state index contributed by atoms with van der Waals surface area (Å²) in [7, 11) is 0. The number of hydrogen-bond donors (Lipinski definition) is 1. The van der Waals surface area contributed by atoms with Crippen molar-refractivity contribution in [2.45, 2.75) is 44.3 Å². The zero-order chi connectivity index (χ0) is 22.6. The molecule has 1 aromatic carbocycles. The van der Waals surface area contributed by atoms with Crippen LogP contribution in [0, 0.1) is 0 Å². The van der Waals surface area contributed by atoms with E-state index in [9.17, 15) is 4.79 Å². The third kappa shape index (κ3) is 5.25. The Morgan fingerprint density at radius 1 is 0.970 bits per heavy atom. The number of amides is 1. The summed E-state index contributed by atoms with van der Waals surface area (Å²) in [6.45, 7) is 2.76. The van der Waals surface area contributed by atoms with E-state index in [-0.39, 0.29) is 0 Å². The summed E-state index contributed by atoms with van der Waals surface area (Å²) < 4.78 is 4.87. The highest BCUT2D eigenvalue weighted by Crippen LogP contribution is 2.33. The molecule has 2 aliphatic rings. The lowest BCUT2D eigenvalue weighted by Gasteiger charge is -2.38. The normalized spacial score (nSPS) is 16.7. The molecule has 3 heterocycles. The van der Waals surface area contributed by atoms with Gasteiger partial charge < -0.3 is 15.4 Å². The molecule has 1 saturated carbocycles. The molecule has 1 saturated heterocycles. The van der Waals surface area contributed by atoms with Crippen molar-refractivity contribution in [1.82, 2.24) is 24.8 Å². The molecule has 2 N–H and O–H groups in total. The van der Waals surface area contributed by atoms with Gasteiger partial charge in [-0.05, 0) is 56.0 Å². The predicted molar refractivity (Wildman–Crippen MR) is 124 cm³/mol. The number of carbonyl (C=O) groups excluding carboxylic acids is 1. The number of ether oxygens (including phenoxy) is 1. The van der Waals surface area contributed by atoms with Crippen molar-refractivity contribution in [3.05, 3.63) is 60.8 Å². The van der Waals surface area contributed by atoms with Crippen LogP contribution >= 0.6 is 0 Å². The van der Waals surface area contributed by atoms with Crippen LogP contribution in [0.2, 0.25) is 0 Å². The monoisotopic (exact) mass is 445 g/mol. The van der Waals surface area contributed by atoms with Crippen LogP contribution in [-0.2, 0) is 6.54 Å². The Labute approximate surface area is 192 Å². The third-order valence-electron chi connectivity index (χ3n) is 6.20. The molecule has 9 heteroatoms. The van der Waals surface area contributed by atoms with E-state index in [1.807, 2.05) is 24.4 Å². The number of anilines is 1. The minimum Gasteiger partial charge on any atom is -0.411 e. The van der Waals surface area contributed by atoms with Crippen molar-refractivity contribution in [2.24, 2.45) is 5.73 Å². The molecule has 0 bridgehead atoms. The summed E-state index contributed by atoms with van der Waals surface area (Å²) in [5, 5.41) is 0. The second kappa shape index (κ2) is 9.50. The Balaban J connectivity index is 1.21. The molecule has 0 spiro atoms. The first-order valence-electron chi connectivity index (χ1n) is 11.3. The largest absolute Gasteiger partial charge is 0.411 e. The van der Waals surface area contributed by atoms with Crippen LogP contribution in [0.1, 0.15) is 31.4 Å². The van der Waals surface area contributed by atoms with Gasteiger partial charge in [0, 0.05) is 49.7 Å². The van der Waals surface area contributed by atoms with Crippen molar-refractivity contribution in [3.8, 4) is 17.0 Å². The van der Waals surface area contributed by atoms with Gasteiger partial charge in [0.1, 0.15) is 5.75 Å². The average molecular weight is 446 g/mol. The summed E-state index contributed by atoms with van der Waals surface area (Å²) in [5.41, 5.74) is 7.71. The standard InChI is InChI=1S/C24H27N7O2/c25-23(32)33-21-6-2-17(3-7-21)22-15-28-18(14-29-22)16-31(19-4-5-19)20-8-12-30(13-9-20)24-26-10-1-11-27-24/h1-3,6-7,10-11,14-15,19-20H,4-5,8-9,12-13,16H2,(H2,25,32). The Hall–Kier alpha value is -3.59. The molecular weight excluding hydrogens is 418 g/mol. The maximum atomic E-state index is 10.9. The number of benzene rings is 1. The van der Waals surface area contributed by atoms with Gasteiger partial charge in [-0.3, -0.25) is 14.9 Å². The molecule has 0 unspecified atom stereocenters. The molecular formula is C24H27N7O2. The number of hydrogen-bond acceptors (Lipinski definition) is 8. The fourth-order valence-corrected chi connectivity index (χ4v) is 4.40. The number of nitrogens with zero attached hydrogens (tertiary/aromatic N) is 6. The van der Waals surface area contributed by atoms with Crippen molar-refractivity contribution in [3.63, 3.8) is 0 Å². The topological polar surface area (TPSA) is 110 Å². The highest BCUT2D eigenvalue weighted by Gasteiger charge is 2.36. The smallest absolute Gasteiger partial charge is 0.409 e. The Bertz CT molecular complexity index is 1060. The highest BCUT2D eigenvalue weighted by molar-refractivity contribution is 5.68. The second-order valence-electron chi connectivity index (χ2n) is 8.51. The molecule has 1 aliphatic heterocycles. The molecule has 33 heavy (non-hydrogen) atoms. The maximum absolute atomic E-state index is 10.9. The van der Waals surface area contributed by atoms with E-state index in [2.05, 4.69) is 24.8 Å². The summed E-state index contributed by atoms with van der Waals surface area (Å²) >= 11 is 0. The van der Waals surface area contributed by atoms with E-state index < -0.39 is 6.09 Å². The van der Waals surface area contributed by atoms with Gasteiger partial charge in [0.2, 0.25) is 5.95 Å². The van der Waals surface area contributed by atoms with Gasteiger partial charge in [-0.25, -0.2) is 14.8 Å². The van der Waals surface area contributed by atoms with Gasteiger partial charge in [-0.1, -0.05) is 0 Å². The van der Waals surface area contributed by atoms with E-state index >= 15 is 0 Å². The lowest BCUT2D eigenvalue weighted by atomic mass is 10.0. The number of primary amides is 1. The Morgan fingerprint density at radius 3 is 2.27 bits per heavy atom. The first-order chi connectivity index (χ1) is 16.2. The van der Waals surface area contributed by atoms with Crippen molar-refractivity contribution >= 4 is 12.0 Å². The van der Waals surface area contributed by atoms with Gasteiger partial charge in [0.25, 0.3) is 0 Å².